The molecule has 0 saturated carbocycles. The van der Waals surface area contributed by atoms with E-state index in [4.69, 9.17) is 4.74 Å². The van der Waals surface area contributed by atoms with Gasteiger partial charge in [-0.25, -0.2) is 0 Å². The van der Waals surface area contributed by atoms with Gasteiger partial charge in [-0.15, -0.1) is 0 Å². The highest BCUT2D eigenvalue weighted by Crippen LogP contribution is 2.29. The number of nitrogens with zero attached hydrogens (tertiary/aromatic N) is 2. The largest absolute Gasteiger partial charge is 0.497 e. The number of nitrogens with one attached hydrogen (secondary N) is 1. The van der Waals surface area contributed by atoms with Gasteiger partial charge in [-0.05, 0) is 31.2 Å². The van der Waals surface area contributed by atoms with Crippen LogP contribution in [0, 0.1) is 11.3 Å². The molecule has 2 rings (SSSR count). The lowest BCUT2D eigenvalue weighted by Gasteiger charge is -2.10. The number of benzene rings is 1. The summed E-state index contributed by atoms with van der Waals surface area (Å²) >= 11 is 0. The number of aryl methyl sites for hydroxylation is 1. The van der Waals surface area contributed by atoms with Crippen molar-refractivity contribution >= 4 is 10.9 Å². The summed E-state index contributed by atoms with van der Waals surface area (Å²) in [6.07, 6.45) is 3.02. The zero-order valence-corrected chi connectivity index (χ0v) is 11.6. The second-order valence-corrected chi connectivity index (χ2v) is 4.59. The SMILES string of the molecule is CCCNC(C#N)c1cn(C)c2ccc(OC)cc12. The van der Waals surface area contributed by atoms with Crippen molar-refractivity contribution in [2.45, 2.75) is 19.4 Å². The molecule has 100 valence electrons. The summed E-state index contributed by atoms with van der Waals surface area (Å²) in [5, 5.41) is 13.7. The van der Waals surface area contributed by atoms with Gasteiger partial charge in [0.2, 0.25) is 0 Å². The molecule has 1 aromatic carbocycles. The van der Waals surface area contributed by atoms with Crippen LogP contribution < -0.4 is 10.1 Å². The Labute approximate surface area is 113 Å². The van der Waals surface area contributed by atoms with Crippen molar-refractivity contribution < 1.29 is 4.74 Å². The minimum absolute atomic E-state index is 0.282. The molecule has 1 heterocycles. The van der Waals surface area contributed by atoms with E-state index in [-0.39, 0.29) is 6.04 Å². The Hall–Kier alpha value is -1.99. The zero-order valence-electron chi connectivity index (χ0n) is 11.6. The minimum Gasteiger partial charge on any atom is -0.497 e. The second-order valence-electron chi connectivity index (χ2n) is 4.59. The number of nitriles is 1. The van der Waals surface area contributed by atoms with Gasteiger partial charge >= 0.3 is 0 Å². The van der Waals surface area contributed by atoms with Gasteiger partial charge in [0.25, 0.3) is 0 Å². The number of rotatable bonds is 5. The van der Waals surface area contributed by atoms with Gasteiger partial charge in [0.15, 0.2) is 0 Å². The summed E-state index contributed by atoms with van der Waals surface area (Å²) in [5.74, 6) is 0.812. The predicted molar refractivity (Wildman–Crippen MR) is 76.1 cm³/mol. The first-order chi connectivity index (χ1) is 9.21. The molecule has 4 heteroatoms. The second kappa shape index (κ2) is 5.77. The molecule has 0 spiro atoms. The average Bonchev–Trinajstić information content (AvgIpc) is 2.76. The lowest BCUT2D eigenvalue weighted by Crippen LogP contribution is -2.20. The summed E-state index contributed by atoms with van der Waals surface area (Å²) in [7, 11) is 3.65. The fourth-order valence-electron chi connectivity index (χ4n) is 2.27. The van der Waals surface area contributed by atoms with Crippen molar-refractivity contribution in [3.63, 3.8) is 0 Å². The van der Waals surface area contributed by atoms with Crippen LogP contribution in [0.3, 0.4) is 0 Å². The van der Waals surface area contributed by atoms with Crippen molar-refractivity contribution in [3.05, 3.63) is 30.0 Å². The van der Waals surface area contributed by atoms with Crippen LogP contribution in [0.4, 0.5) is 0 Å². The Morgan fingerprint density at radius 2 is 2.26 bits per heavy atom. The number of methoxy groups -OCH3 is 1. The molecule has 1 unspecified atom stereocenters. The summed E-state index contributed by atoms with van der Waals surface area (Å²) in [5.41, 5.74) is 2.11. The fourth-order valence-corrected chi connectivity index (χ4v) is 2.27. The molecule has 2 aromatic rings. The topological polar surface area (TPSA) is 50.0 Å². The first-order valence-electron chi connectivity index (χ1n) is 6.47. The van der Waals surface area contributed by atoms with E-state index in [1.807, 2.05) is 36.0 Å². The van der Waals surface area contributed by atoms with Gasteiger partial charge in [0.05, 0.1) is 13.2 Å². The first kappa shape index (κ1) is 13.4. The van der Waals surface area contributed by atoms with Gasteiger partial charge in [-0.1, -0.05) is 6.92 Å². The molecular weight excluding hydrogens is 238 g/mol. The Balaban J connectivity index is 2.49. The maximum absolute atomic E-state index is 9.35. The van der Waals surface area contributed by atoms with E-state index in [2.05, 4.69) is 18.3 Å². The van der Waals surface area contributed by atoms with Gasteiger partial charge in [-0.2, -0.15) is 5.26 Å². The maximum Gasteiger partial charge on any atom is 0.123 e. The third-order valence-electron chi connectivity index (χ3n) is 3.27. The standard InChI is InChI=1S/C15H19N3O/c1-4-7-17-14(9-16)13-10-18(2)15-6-5-11(19-3)8-12(13)15/h5-6,8,10,14,17H,4,7H2,1-3H3. The van der Waals surface area contributed by atoms with Crippen LogP contribution in [0.25, 0.3) is 10.9 Å². The van der Waals surface area contributed by atoms with E-state index in [1.54, 1.807) is 7.11 Å². The average molecular weight is 257 g/mol. The molecule has 0 aliphatic heterocycles. The molecule has 19 heavy (non-hydrogen) atoms. The summed E-state index contributed by atoms with van der Waals surface area (Å²) in [6.45, 7) is 2.92. The Kier molecular flexibility index (Phi) is 4.08. The highest BCUT2D eigenvalue weighted by molar-refractivity contribution is 5.86. The van der Waals surface area contributed by atoms with Crippen molar-refractivity contribution in [1.82, 2.24) is 9.88 Å². The molecule has 0 aliphatic rings. The number of hydrogen-bond donors (Lipinski definition) is 1. The summed E-state index contributed by atoms with van der Waals surface area (Å²) in [6, 6.07) is 8.00. The molecule has 0 fully saturated rings. The fraction of sp³-hybridized carbons (Fsp3) is 0.400. The first-order valence-corrected chi connectivity index (χ1v) is 6.47. The lowest BCUT2D eigenvalue weighted by molar-refractivity contribution is 0.415. The van der Waals surface area contributed by atoms with Crippen LogP contribution in [0.5, 0.6) is 5.75 Å². The molecule has 1 aromatic heterocycles. The van der Waals surface area contributed by atoms with E-state index >= 15 is 0 Å². The normalized spacial score (nSPS) is 12.3. The molecule has 4 nitrogen and oxygen atoms in total. The maximum atomic E-state index is 9.35. The third-order valence-corrected chi connectivity index (χ3v) is 3.27. The van der Waals surface area contributed by atoms with Crippen molar-refractivity contribution in [2.75, 3.05) is 13.7 Å². The predicted octanol–water partition coefficient (Wildman–Crippen LogP) is 2.75. The lowest BCUT2D eigenvalue weighted by atomic mass is 10.1. The van der Waals surface area contributed by atoms with E-state index in [9.17, 15) is 5.26 Å². The Morgan fingerprint density at radius 1 is 1.47 bits per heavy atom. The van der Waals surface area contributed by atoms with Crippen molar-refractivity contribution in [3.8, 4) is 11.8 Å². The van der Waals surface area contributed by atoms with Crippen LogP contribution in [-0.2, 0) is 7.05 Å². The van der Waals surface area contributed by atoms with Gasteiger partial charge in [-0.3, -0.25) is 5.32 Å². The number of aromatic nitrogens is 1. The van der Waals surface area contributed by atoms with E-state index in [0.29, 0.717) is 0 Å². The Bertz CT molecular complexity index is 610. The quantitative estimate of drug-likeness (QED) is 0.896. The summed E-state index contributed by atoms with van der Waals surface area (Å²) < 4.78 is 7.31. The van der Waals surface area contributed by atoms with Gasteiger partial charge in [0.1, 0.15) is 11.8 Å². The van der Waals surface area contributed by atoms with E-state index in [1.165, 1.54) is 0 Å². The molecule has 0 radical (unpaired) electrons. The van der Waals surface area contributed by atoms with E-state index < -0.39 is 0 Å². The number of ether oxygens (including phenoxy) is 1. The smallest absolute Gasteiger partial charge is 0.123 e. The van der Waals surface area contributed by atoms with E-state index in [0.717, 1.165) is 35.2 Å². The molecule has 1 atom stereocenters. The van der Waals surface area contributed by atoms with Gasteiger partial charge in [0, 0.05) is 29.7 Å². The molecule has 0 bridgehead atoms. The number of fused-ring (bicyclic) bond motifs is 1. The monoisotopic (exact) mass is 257 g/mol. The summed E-state index contributed by atoms with van der Waals surface area (Å²) in [4.78, 5) is 0. The highest BCUT2D eigenvalue weighted by atomic mass is 16.5. The van der Waals surface area contributed by atoms with Crippen LogP contribution in [0.15, 0.2) is 24.4 Å². The van der Waals surface area contributed by atoms with Gasteiger partial charge < -0.3 is 9.30 Å². The molecule has 0 aliphatic carbocycles. The highest BCUT2D eigenvalue weighted by Gasteiger charge is 2.16. The minimum atomic E-state index is -0.282. The third kappa shape index (κ3) is 2.56. The number of hydrogen-bond acceptors (Lipinski definition) is 3. The molecule has 0 saturated heterocycles. The Morgan fingerprint density at radius 3 is 2.89 bits per heavy atom. The molecule has 0 amide bonds. The van der Waals surface area contributed by atoms with Crippen LogP contribution in [0.1, 0.15) is 24.9 Å². The molecular formula is C15H19N3O. The zero-order chi connectivity index (χ0) is 13.8. The van der Waals surface area contributed by atoms with Crippen LogP contribution >= 0.6 is 0 Å². The van der Waals surface area contributed by atoms with Crippen LogP contribution in [0.2, 0.25) is 0 Å². The van der Waals surface area contributed by atoms with Crippen LogP contribution in [-0.4, -0.2) is 18.2 Å². The molecule has 1 N–H and O–H groups in total. The van der Waals surface area contributed by atoms with Crippen molar-refractivity contribution in [1.29, 1.82) is 5.26 Å². The van der Waals surface area contributed by atoms with Crippen molar-refractivity contribution in [2.24, 2.45) is 7.05 Å².